The van der Waals surface area contributed by atoms with E-state index in [1.54, 1.807) is 0 Å². The van der Waals surface area contributed by atoms with E-state index in [-0.39, 0.29) is 18.6 Å². The van der Waals surface area contributed by atoms with Crippen LogP contribution in [0.15, 0.2) is 0 Å². The molecule has 1 heterocycles. The zero-order chi connectivity index (χ0) is 13.7. The Bertz CT molecular complexity index is 279. The van der Waals surface area contributed by atoms with Gasteiger partial charge in [0, 0.05) is 19.0 Å². The molecule has 0 aromatic carbocycles. The molecule has 1 aliphatic carbocycles. The van der Waals surface area contributed by atoms with Gasteiger partial charge in [-0.3, -0.25) is 4.79 Å². The zero-order valence-electron chi connectivity index (χ0n) is 12.0. The second-order valence-electron chi connectivity index (χ2n) is 6.08. The van der Waals surface area contributed by atoms with Crippen molar-refractivity contribution in [3.8, 4) is 0 Å². The SMILES string of the molecule is CC1CCC(C(=O)N2CCC(OCCO)CC2)CC1. The molecule has 1 aliphatic heterocycles. The van der Waals surface area contributed by atoms with Crippen molar-refractivity contribution in [3.63, 3.8) is 0 Å². The minimum Gasteiger partial charge on any atom is -0.394 e. The molecule has 2 rings (SSSR count). The number of aliphatic hydroxyl groups excluding tert-OH is 1. The van der Waals surface area contributed by atoms with E-state index >= 15 is 0 Å². The van der Waals surface area contributed by atoms with Crippen LogP contribution in [0.2, 0.25) is 0 Å². The van der Waals surface area contributed by atoms with Gasteiger partial charge >= 0.3 is 0 Å². The van der Waals surface area contributed by atoms with Crippen molar-refractivity contribution >= 4 is 5.91 Å². The maximum absolute atomic E-state index is 12.4. The molecule has 0 bridgehead atoms. The van der Waals surface area contributed by atoms with Crippen LogP contribution in [-0.4, -0.2) is 48.3 Å². The van der Waals surface area contributed by atoms with E-state index in [0.717, 1.165) is 44.7 Å². The van der Waals surface area contributed by atoms with E-state index in [1.165, 1.54) is 12.8 Å². The van der Waals surface area contributed by atoms with Crippen LogP contribution >= 0.6 is 0 Å². The zero-order valence-corrected chi connectivity index (χ0v) is 12.0. The fraction of sp³-hybridized carbons (Fsp3) is 0.933. The molecule has 0 aromatic heterocycles. The van der Waals surface area contributed by atoms with Crippen LogP contribution in [-0.2, 0) is 9.53 Å². The lowest BCUT2D eigenvalue weighted by atomic mass is 9.82. The summed E-state index contributed by atoms with van der Waals surface area (Å²) >= 11 is 0. The average Bonchev–Trinajstić information content (AvgIpc) is 2.46. The van der Waals surface area contributed by atoms with Crippen molar-refractivity contribution in [1.82, 2.24) is 4.90 Å². The number of likely N-dealkylation sites (tertiary alicyclic amines) is 1. The van der Waals surface area contributed by atoms with Crippen molar-refractivity contribution in [2.24, 2.45) is 11.8 Å². The summed E-state index contributed by atoms with van der Waals surface area (Å²) in [4.78, 5) is 14.5. The molecule has 1 saturated carbocycles. The van der Waals surface area contributed by atoms with Crippen LogP contribution in [0.3, 0.4) is 0 Å². The summed E-state index contributed by atoms with van der Waals surface area (Å²) < 4.78 is 5.53. The number of hydrogen-bond donors (Lipinski definition) is 1. The quantitative estimate of drug-likeness (QED) is 0.847. The van der Waals surface area contributed by atoms with Crippen molar-refractivity contribution < 1.29 is 14.6 Å². The Morgan fingerprint density at radius 3 is 2.37 bits per heavy atom. The van der Waals surface area contributed by atoms with Gasteiger partial charge in [0.2, 0.25) is 5.91 Å². The number of carbonyl (C=O) groups is 1. The number of nitrogens with zero attached hydrogens (tertiary/aromatic N) is 1. The molecule has 4 heteroatoms. The van der Waals surface area contributed by atoms with Crippen molar-refractivity contribution in [3.05, 3.63) is 0 Å². The smallest absolute Gasteiger partial charge is 0.225 e. The third kappa shape index (κ3) is 4.18. The summed E-state index contributed by atoms with van der Waals surface area (Å²) in [6, 6.07) is 0. The molecule has 2 fully saturated rings. The number of amides is 1. The predicted molar refractivity (Wildman–Crippen MR) is 73.8 cm³/mol. The standard InChI is InChI=1S/C15H27NO3/c1-12-2-4-13(5-3-12)15(18)16-8-6-14(7-9-16)19-11-10-17/h12-14,17H,2-11H2,1H3. The Morgan fingerprint density at radius 1 is 1.16 bits per heavy atom. The van der Waals surface area contributed by atoms with Crippen LogP contribution < -0.4 is 0 Å². The maximum atomic E-state index is 12.4. The van der Waals surface area contributed by atoms with E-state index in [4.69, 9.17) is 9.84 Å². The van der Waals surface area contributed by atoms with E-state index < -0.39 is 0 Å². The van der Waals surface area contributed by atoms with Gasteiger partial charge < -0.3 is 14.7 Å². The van der Waals surface area contributed by atoms with E-state index in [2.05, 4.69) is 6.92 Å². The van der Waals surface area contributed by atoms with Gasteiger partial charge in [-0.05, 0) is 44.4 Å². The van der Waals surface area contributed by atoms with Gasteiger partial charge in [0.05, 0.1) is 19.3 Å². The lowest BCUT2D eigenvalue weighted by Gasteiger charge is -2.35. The fourth-order valence-electron chi connectivity index (χ4n) is 3.23. The lowest BCUT2D eigenvalue weighted by Crippen LogP contribution is -2.44. The molecule has 0 aromatic rings. The Labute approximate surface area is 116 Å². The summed E-state index contributed by atoms with van der Waals surface area (Å²) in [5, 5.41) is 8.74. The average molecular weight is 269 g/mol. The largest absolute Gasteiger partial charge is 0.394 e. The lowest BCUT2D eigenvalue weighted by molar-refractivity contribution is -0.139. The summed E-state index contributed by atoms with van der Waals surface area (Å²) in [6.45, 7) is 4.42. The van der Waals surface area contributed by atoms with E-state index in [9.17, 15) is 4.79 Å². The topological polar surface area (TPSA) is 49.8 Å². The van der Waals surface area contributed by atoms with Crippen LogP contribution in [0.1, 0.15) is 45.4 Å². The van der Waals surface area contributed by atoms with E-state index in [1.807, 2.05) is 4.90 Å². The third-order valence-electron chi connectivity index (χ3n) is 4.56. The minimum atomic E-state index is 0.0827. The summed E-state index contributed by atoms with van der Waals surface area (Å²) in [5.74, 6) is 1.43. The van der Waals surface area contributed by atoms with Gasteiger partial charge in [0.25, 0.3) is 0 Å². The highest BCUT2D eigenvalue weighted by molar-refractivity contribution is 5.79. The summed E-state index contributed by atoms with van der Waals surface area (Å²) in [7, 11) is 0. The molecule has 1 N–H and O–H groups in total. The molecule has 19 heavy (non-hydrogen) atoms. The number of piperidine rings is 1. The van der Waals surface area contributed by atoms with Gasteiger partial charge in [-0.2, -0.15) is 0 Å². The van der Waals surface area contributed by atoms with Crippen molar-refractivity contribution in [2.75, 3.05) is 26.3 Å². The minimum absolute atomic E-state index is 0.0827. The molecule has 1 amide bonds. The van der Waals surface area contributed by atoms with Gasteiger partial charge in [0.1, 0.15) is 0 Å². The highest BCUT2D eigenvalue weighted by atomic mass is 16.5. The molecule has 0 atom stereocenters. The number of carbonyl (C=O) groups excluding carboxylic acids is 1. The number of ether oxygens (including phenoxy) is 1. The predicted octanol–water partition coefficient (Wildman–Crippen LogP) is 1.81. The first-order chi connectivity index (χ1) is 9.20. The molecule has 0 radical (unpaired) electrons. The van der Waals surface area contributed by atoms with Gasteiger partial charge in [-0.1, -0.05) is 6.92 Å². The molecular weight excluding hydrogens is 242 g/mol. The third-order valence-corrected chi connectivity index (χ3v) is 4.56. The molecule has 2 aliphatic rings. The molecule has 0 unspecified atom stereocenters. The van der Waals surface area contributed by atoms with Crippen molar-refractivity contribution in [2.45, 2.75) is 51.6 Å². The highest BCUT2D eigenvalue weighted by Gasteiger charge is 2.30. The number of rotatable bonds is 4. The molecular formula is C15H27NO3. The molecule has 110 valence electrons. The van der Waals surface area contributed by atoms with Crippen LogP contribution in [0, 0.1) is 11.8 Å². The second-order valence-corrected chi connectivity index (χ2v) is 6.08. The van der Waals surface area contributed by atoms with Gasteiger partial charge in [0.15, 0.2) is 0 Å². The first-order valence-corrected chi connectivity index (χ1v) is 7.72. The Hall–Kier alpha value is -0.610. The second kappa shape index (κ2) is 7.25. The van der Waals surface area contributed by atoms with Crippen LogP contribution in [0.25, 0.3) is 0 Å². The first-order valence-electron chi connectivity index (χ1n) is 7.72. The van der Waals surface area contributed by atoms with Crippen LogP contribution in [0.5, 0.6) is 0 Å². The first kappa shape index (κ1) is 14.8. The fourth-order valence-corrected chi connectivity index (χ4v) is 3.23. The Morgan fingerprint density at radius 2 is 1.79 bits per heavy atom. The summed E-state index contributed by atoms with van der Waals surface area (Å²) in [5.41, 5.74) is 0. The number of aliphatic hydroxyl groups is 1. The number of hydrogen-bond acceptors (Lipinski definition) is 3. The Balaban J connectivity index is 1.73. The molecule has 0 spiro atoms. The van der Waals surface area contributed by atoms with Gasteiger partial charge in [-0.25, -0.2) is 0 Å². The highest BCUT2D eigenvalue weighted by Crippen LogP contribution is 2.30. The Kier molecular flexibility index (Phi) is 5.64. The monoisotopic (exact) mass is 269 g/mol. The normalized spacial score (nSPS) is 29.5. The van der Waals surface area contributed by atoms with Gasteiger partial charge in [-0.15, -0.1) is 0 Å². The summed E-state index contributed by atoms with van der Waals surface area (Å²) in [6.07, 6.45) is 6.59. The maximum Gasteiger partial charge on any atom is 0.225 e. The van der Waals surface area contributed by atoms with Crippen LogP contribution in [0.4, 0.5) is 0 Å². The molecule has 4 nitrogen and oxygen atoms in total. The van der Waals surface area contributed by atoms with Crippen molar-refractivity contribution in [1.29, 1.82) is 0 Å². The van der Waals surface area contributed by atoms with E-state index in [0.29, 0.717) is 12.5 Å². The molecule has 1 saturated heterocycles.